The fourth-order valence-electron chi connectivity index (χ4n) is 4.20. The second-order valence-electron chi connectivity index (χ2n) is 7.83. The minimum Gasteiger partial charge on any atom is -0.353 e. The number of halogens is 1. The number of aryl methyl sites for hydroxylation is 1. The van der Waals surface area contributed by atoms with Gasteiger partial charge in [-0.15, -0.1) is 0 Å². The monoisotopic (exact) mass is 379 g/mol. The standard InChI is InChI=1S/C23H26FN3O/c1-16-10-11-27-21(15-25-22(27)12-16)20(17-6-5-7-18(24)13-17)14-23(28)26-19-8-3-2-4-9-19/h5-7,10-13,15,19-20H,2-4,8-9,14H2,1H3,(H,26,28). The topological polar surface area (TPSA) is 46.4 Å². The van der Waals surface area contributed by atoms with Gasteiger partial charge in [0.15, 0.2) is 0 Å². The smallest absolute Gasteiger partial charge is 0.221 e. The lowest BCUT2D eigenvalue weighted by Gasteiger charge is -2.24. The third kappa shape index (κ3) is 4.08. The van der Waals surface area contributed by atoms with Crippen molar-refractivity contribution in [2.24, 2.45) is 0 Å². The molecule has 1 unspecified atom stereocenters. The first kappa shape index (κ1) is 18.7. The highest BCUT2D eigenvalue weighted by molar-refractivity contribution is 5.78. The number of imidazole rings is 1. The summed E-state index contributed by atoms with van der Waals surface area (Å²) >= 11 is 0. The van der Waals surface area contributed by atoms with E-state index in [1.54, 1.807) is 12.3 Å². The summed E-state index contributed by atoms with van der Waals surface area (Å²) in [4.78, 5) is 17.3. The van der Waals surface area contributed by atoms with Gasteiger partial charge in [0, 0.05) is 30.8 Å². The first-order valence-corrected chi connectivity index (χ1v) is 10.1. The van der Waals surface area contributed by atoms with Crippen molar-refractivity contribution >= 4 is 11.6 Å². The van der Waals surface area contributed by atoms with Gasteiger partial charge in [0.1, 0.15) is 11.5 Å². The molecule has 28 heavy (non-hydrogen) atoms. The number of carbonyl (C=O) groups is 1. The summed E-state index contributed by atoms with van der Waals surface area (Å²) in [5.74, 6) is -0.528. The van der Waals surface area contributed by atoms with E-state index in [1.165, 1.54) is 31.4 Å². The molecule has 0 aliphatic heterocycles. The molecule has 4 nitrogen and oxygen atoms in total. The van der Waals surface area contributed by atoms with Crippen molar-refractivity contribution in [2.45, 2.75) is 57.4 Å². The van der Waals surface area contributed by atoms with Crippen molar-refractivity contribution in [1.29, 1.82) is 0 Å². The van der Waals surface area contributed by atoms with Crippen LogP contribution in [0.25, 0.3) is 5.65 Å². The quantitative estimate of drug-likeness (QED) is 0.695. The molecule has 0 saturated heterocycles. The van der Waals surface area contributed by atoms with Crippen LogP contribution in [0.15, 0.2) is 48.8 Å². The Balaban J connectivity index is 1.64. The molecule has 1 atom stereocenters. The zero-order valence-corrected chi connectivity index (χ0v) is 16.2. The van der Waals surface area contributed by atoms with Gasteiger partial charge in [-0.1, -0.05) is 31.4 Å². The Morgan fingerprint density at radius 1 is 1.25 bits per heavy atom. The van der Waals surface area contributed by atoms with Gasteiger partial charge in [0.05, 0.1) is 5.69 Å². The Hall–Kier alpha value is -2.69. The Labute approximate surface area is 164 Å². The summed E-state index contributed by atoms with van der Waals surface area (Å²) in [5, 5.41) is 3.19. The van der Waals surface area contributed by atoms with E-state index < -0.39 is 0 Å². The summed E-state index contributed by atoms with van der Waals surface area (Å²) < 4.78 is 15.9. The molecule has 1 aromatic carbocycles. The number of pyridine rings is 1. The second kappa shape index (κ2) is 8.13. The van der Waals surface area contributed by atoms with Crippen LogP contribution in [0.5, 0.6) is 0 Å². The fourth-order valence-corrected chi connectivity index (χ4v) is 4.20. The van der Waals surface area contributed by atoms with Crippen LogP contribution in [0.2, 0.25) is 0 Å². The zero-order valence-electron chi connectivity index (χ0n) is 16.2. The molecule has 3 aromatic rings. The molecule has 0 radical (unpaired) electrons. The van der Waals surface area contributed by atoms with E-state index in [4.69, 9.17) is 0 Å². The van der Waals surface area contributed by atoms with Crippen LogP contribution >= 0.6 is 0 Å². The summed E-state index contributed by atoms with van der Waals surface area (Å²) in [6.45, 7) is 2.02. The van der Waals surface area contributed by atoms with Gasteiger partial charge in [-0.25, -0.2) is 9.37 Å². The van der Waals surface area contributed by atoms with E-state index in [0.717, 1.165) is 35.3 Å². The minimum absolute atomic E-state index is 0.0169. The number of benzene rings is 1. The first-order valence-electron chi connectivity index (χ1n) is 10.1. The molecule has 146 valence electrons. The van der Waals surface area contributed by atoms with Crippen LogP contribution in [0, 0.1) is 12.7 Å². The maximum atomic E-state index is 13.9. The summed E-state index contributed by atoms with van der Waals surface area (Å²) in [5.41, 5.74) is 3.66. The molecular formula is C23H26FN3O. The molecule has 1 aliphatic rings. The van der Waals surface area contributed by atoms with Gasteiger partial charge in [-0.05, 0) is 55.2 Å². The highest BCUT2D eigenvalue weighted by Gasteiger charge is 2.24. The number of carbonyl (C=O) groups excluding carboxylic acids is 1. The molecule has 1 amide bonds. The van der Waals surface area contributed by atoms with Crippen LogP contribution in [-0.2, 0) is 4.79 Å². The second-order valence-corrected chi connectivity index (χ2v) is 7.83. The molecule has 1 N–H and O–H groups in total. The molecular weight excluding hydrogens is 353 g/mol. The maximum absolute atomic E-state index is 13.9. The van der Waals surface area contributed by atoms with E-state index in [-0.39, 0.29) is 30.1 Å². The van der Waals surface area contributed by atoms with Crippen molar-refractivity contribution in [1.82, 2.24) is 14.7 Å². The van der Waals surface area contributed by atoms with E-state index in [1.807, 2.05) is 35.7 Å². The summed E-state index contributed by atoms with van der Waals surface area (Å²) in [7, 11) is 0. The number of amides is 1. The summed E-state index contributed by atoms with van der Waals surface area (Å²) in [6, 6.07) is 10.8. The summed E-state index contributed by atoms with van der Waals surface area (Å²) in [6.07, 6.45) is 9.74. The van der Waals surface area contributed by atoms with Crippen LogP contribution in [0.4, 0.5) is 4.39 Å². The highest BCUT2D eigenvalue weighted by atomic mass is 19.1. The van der Waals surface area contributed by atoms with Crippen molar-refractivity contribution in [3.63, 3.8) is 0 Å². The maximum Gasteiger partial charge on any atom is 0.221 e. The molecule has 4 rings (SSSR count). The average Bonchev–Trinajstić information content (AvgIpc) is 3.09. The average molecular weight is 379 g/mol. The Morgan fingerprint density at radius 2 is 2.07 bits per heavy atom. The molecule has 0 bridgehead atoms. The number of rotatable bonds is 5. The van der Waals surface area contributed by atoms with Crippen LogP contribution in [0.1, 0.15) is 61.3 Å². The van der Waals surface area contributed by atoms with Gasteiger partial charge in [0.2, 0.25) is 5.91 Å². The Bertz CT molecular complexity index is 975. The van der Waals surface area contributed by atoms with E-state index in [9.17, 15) is 9.18 Å². The molecule has 2 aromatic heterocycles. The number of hydrogen-bond donors (Lipinski definition) is 1. The largest absolute Gasteiger partial charge is 0.353 e. The lowest BCUT2D eigenvalue weighted by atomic mass is 9.91. The number of aromatic nitrogens is 2. The Morgan fingerprint density at radius 3 is 2.86 bits per heavy atom. The van der Waals surface area contributed by atoms with Crippen molar-refractivity contribution in [2.75, 3.05) is 0 Å². The van der Waals surface area contributed by atoms with E-state index >= 15 is 0 Å². The van der Waals surface area contributed by atoms with Gasteiger partial charge >= 0.3 is 0 Å². The zero-order chi connectivity index (χ0) is 19.5. The lowest BCUT2D eigenvalue weighted by molar-refractivity contribution is -0.122. The molecule has 1 fully saturated rings. The highest BCUT2D eigenvalue weighted by Crippen LogP contribution is 2.30. The number of nitrogens with zero attached hydrogens (tertiary/aromatic N) is 2. The normalized spacial score (nSPS) is 16.2. The third-order valence-corrected chi connectivity index (χ3v) is 5.67. The van der Waals surface area contributed by atoms with Crippen molar-refractivity contribution < 1.29 is 9.18 Å². The van der Waals surface area contributed by atoms with E-state index in [2.05, 4.69) is 10.3 Å². The molecule has 5 heteroatoms. The van der Waals surface area contributed by atoms with Crippen molar-refractivity contribution in [3.8, 4) is 0 Å². The predicted molar refractivity (Wildman–Crippen MR) is 108 cm³/mol. The van der Waals surface area contributed by atoms with E-state index in [0.29, 0.717) is 0 Å². The first-order chi connectivity index (χ1) is 13.6. The number of hydrogen-bond acceptors (Lipinski definition) is 2. The molecule has 0 spiro atoms. The van der Waals surface area contributed by atoms with Gasteiger partial charge in [0.25, 0.3) is 0 Å². The molecule has 1 saturated carbocycles. The van der Waals surface area contributed by atoms with Crippen LogP contribution in [0.3, 0.4) is 0 Å². The fraction of sp³-hybridized carbons (Fsp3) is 0.391. The number of nitrogens with one attached hydrogen (secondary N) is 1. The van der Waals surface area contributed by atoms with Crippen LogP contribution < -0.4 is 5.32 Å². The minimum atomic E-state index is -0.292. The molecule has 2 heterocycles. The van der Waals surface area contributed by atoms with Gasteiger partial charge in [-0.3, -0.25) is 4.79 Å². The SMILES string of the molecule is Cc1ccn2c(C(CC(=O)NC3CCCCC3)c3cccc(F)c3)cnc2c1. The van der Waals surface area contributed by atoms with Gasteiger partial charge < -0.3 is 9.72 Å². The Kier molecular flexibility index (Phi) is 5.42. The number of fused-ring (bicyclic) bond motifs is 1. The lowest BCUT2D eigenvalue weighted by Crippen LogP contribution is -2.37. The van der Waals surface area contributed by atoms with Crippen LogP contribution in [-0.4, -0.2) is 21.3 Å². The predicted octanol–water partition coefficient (Wildman–Crippen LogP) is 4.75. The molecule has 1 aliphatic carbocycles. The third-order valence-electron chi connectivity index (χ3n) is 5.67. The van der Waals surface area contributed by atoms with Gasteiger partial charge in [-0.2, -0.15) is 0 Å². The van der Waals surface area contributed by atoms with Crippen molar-refractivity contribution in [3.05, 3.63) is 71.4 Å².